The number of carboxylic acids is 1. The first-order valence-electron chi connectivity index (χ1n) is 5.05. The molecule has 0 saturated heterocycles. The van der Waals surface area contributed by atoms with Crippen LogP contribution in [0, 0.1) is 0 Å². The molecule has 0 fully saturated rings. The maximum absolute atomic E-state index is 9.29. The lowest BCUT2D eigenvalue weighted by atomic mass is 10.3. The largest absolute Gasteiger partial charge is 0.481 e. The molecule has 1 aliphatic heterocycles. The molecule has 0 unspecified atom stereocenters. The van der Waals surface area contributed by atoms with Gasteiger partial charge in [0.2, 0.25) is 0 Å². The zero-order chi connectivity index (χ0) is 11.7. The summed E-state index contributed by atoms with van der Waals surface area (Å²) in [6.45, 7) is 4.50. The van der Waals surface area contributed by atoms with Crippen LogP contribution in [0.2, 0.25) is 0 Å². The van der Waals surface area contributed by atoms with Gasteiger partial charge in [-0.25, -0.2) is 0 Å². The molecular formula is C10H20N2O2S. The summed E-state index contributed by atoms with van der Waals surface area (Å²) in [7, 11) is 2.10. The van der Waals surface area contributed by atoms with Gasteiger partial charge in [-0.05, 0) is 6.42 Å². The first-order valence-corrected chi connectivity index (χ1v) is 5.68. The number of hydrogen-bond donors (Lipinski definition) is 2. The van der Waals surface area contributed by atoms with Gasteiger partial charge in [0.15, 0.2) is 0 Å². The molecule has 0 aliphatic carbocycles. The van der Waals surface area contributed by atoms with E-state index in [4.69, 9.17) is 5.11 Å². The predicted octanol–water partition coefficient (Wildman–Crippen LogP) is 1.46. The summed E-state index contributed by atoms with van der Waals surface area (Å²) < 4.78 is 0. The molecule has 88 valence electrons. The van der Waals surface area contributed by atoms with Crippen LogP contribution in [0.3, 0.4) is 0 Å². The zero-order valence-corrected chi connectivity index (χ0v) is 10.3. The van der Waals surface area contributed by atoms with E-state index >= 15 is 0 Å². The minimum atomic E-state index is -0.881. The van der Waals surface area contributed by atoms with Crippen molar-refractivity contribution < 1.29 is 9.90 Å². The first-order chi connectivity index (χ1) is 7.10. The summed E-state index contributed by atoms with van der Waals surface area (Å²) >= 11 is 3.42. The van der Waals surface area contributed by atoms with E-state index in [1.807, 2.05) is 0 Å². The summed E-state index contributed by atoms with van der Waals surface area (Å²) in [6, 6.07) is 0. The maximum Gasteiger partial charge on any atom is 0.313 e. The van der Waals surface area contributed by atoms with E-state index in [9.17, 15) is 4.79 Å². The van der Waals surface area contributed by atoms with Crippen molar-refractivity contribution in [3.05, 3.63) is 12.4 Å². The van der Waals surface area contributed by atoms with Crippen LogP contribution >= 0.6 is 12.6 Å². The third-order valence-electron chi connectivity index (χ3n) is 1.87. The molecule has 0 radical (unpaired) electrons. The van der Waals surface area contributed by atoms with E-state index in [-0.39, 0.29) is 5.75 Å². The van der Waals surface area contributed by atoms with E-state index in [2.05, 4.69) is 48.8 Å². The van der Waals surface area contributed by atoms with Crippen molar-refractivity contribution in [1.82, 2.24) is 9.80 Å². The van der Waals surface area contributed by atoms with Gasteiger partial charge in [-0.2, -0.15) is 12.6 Å². The lowest BCUT2D eigenvalue weighted by Gasteiger charge is -2.17. The number of unbranched alkanes of at least 4 members (excludes halogenated alkanes) is 1. The second kappa shape index (κ2) is 8.47. The summed E-state index contributed by atoms with van der Waals surface area (Å²) in [4.78, 5) is 13.8. The molecule has 5 heteroatoms. The molecule has 1 rings (SSSR count). The molecule has 0 aromatic rings. The van der Waals surface area contributed by atoms with Crippen LogP contribution in [0.15, 0.2) is 12.4 Å². The molecule has 0 bridgehead atoms. The number of aliphatic carboxylic acids is 1. The summed E-state index contributed by atoms with van der Waals surface area (Å²) in [6.07, 6.45) is 6.87. The van der Waals surface area contributed by atoms with Crippen LogP contribution in [-0.4, -0.2) is 46.9 Å². The van der Waals surface area contributed by atoms with Crippen molar-refractivity contribution in [2.24, 2.45) is 0 Å². The number of thiol groups is 1. The summed E-state index contributed by atoms with van der Waals surface area (Å²) in [5, 5.41) is 7.65. The van der Waals surface area contributed by atoms with Gasteiger partial charge in [-0.3, -0.25) is 4.79 Å². The molecule has 0 spiro atoms. The van der Waals surface area contributed by atoms with Gasteiger partial charge in [0, 0.05) is 26.0 Å². The Morgan fingerprint density at radius 2 is 2.13 bits per heavy atom. The van der Waals surface area contributed by atoms with Crippen LogP contribution in [0.4, 0.5) is 0 Å². The molecule has 0 saturated carbocycles. The number of carboxylic acid groups (broad SMARTS) is 1. The van der Waals surface area contributed by atoms with Gasteiger partial charge in [-0.1, -0.05) is 13.3 Å². The van der Waals surface area contributed by atoms with Crippen molar-refractivity contribution in [3.63, 3.8) is 0 Å². The third kappa shape index (κ3) is 8.17. The molecule has 4 nitrogen and oxygen atoms in total. The summed E-state index contributed by atoms with van der Waals surface area (Å²) in [5.41, 5.74) is 0. The highest BCUT2D eigenvalue weighted by Crippen LogP contribution is 2.04. The van der Waals surface area contributed by atoms with Crippen molar-refractivity contribution in [1.29, 1.82) is 0 Å². The van der Waals surface area contributed by atoms with Gasteiger partial charge in [0.25, 0.3) is 0 Å². The smallest absolute Gasteiger partial charge is 0.313 e. The predicted molar refractivity (Wildman–Crippen MR) is 64.9 cm³/mol. The van der Waals surface area contributed by atoms with Gasteiger partial charge < -0.3 is 14.9 Å². The fourth-order valence-corrected chi connectivity index (χ4v) is 1.10. The summed E-state index contributed by atoms with van der Waals surface area (Å²) in [5.74, 6) is -0.965. The Morgan fingerprint density at radius 3 is 2.47 bits per heavy atom. The maximum atomic E-state index is 9.29. The minimum absolute atomic E-state index is 0.0833. The monoisotopic (exact) mass is 232 g/mol. The average molecular weight is 232 g/mol. The quantitative estimate of drug-likeness (QED) is 0.720. The fraction of sp³-hybridized carbons (Fsp3) is 0.700. The van der Waals surface area contributed by atoms with Gasteiger partial charge in [-0.15, -0.1) is 0 Å². The molecule has 1 aliphatic rings. The number of carbonyl (C=O) groups is 1. The van der Waals surface area contributed by atoms with Gasteiger partial charge in [0.05, 0.1) is 12.4 Å². The molecule has 15 heavy (non-hydrogen) atoms. The van der Waals surface area contributed by atoms with E-state index in [0.717, 1.165) is 6.67 Å². The highest BCUT2D eigenvalue weighted by atomic mass is 32.1. The average Bonchev–Trinajstić information content (AvgIpc) is 2.62. The Labute approximate surface area is 97.0 Å². The molecule has 0 amide bonds. The first kappa shape index (κ1) is 14.2. The Kier molecular flexibility index (Phi) is 7.99. The standard InChI is InChI=1S/C8H16N2.C2H4O2S/c1-3-4-5-10-7-6-9(2)8-10;3-2(4)1-5/h6-7H,3-5,8H2,1-2H3;5H,1H2,(H,3,4). The van der Waals surface area contributed by atoms with E-state index < -0.39 is 5.97 Å². The second-order valence-corrected chi connectivity index (χ2v) is 3.73. The Bertz CT molecular complexity index is 210. The molecule has 1 heterocycles. The van der Waals surface area contributed by atoms with Gasteiger partial charge in [0.1, 0.15) is 0 Å². The van der Waals surface area contributed by atoms with Crippen molar-refractivity contribution in [2.75, 3.05) is 26.0 Å². The Hall–Kier alpha value is -0.840. The Balaban J connectivity index is 0.000000336. The Morgan fingerprint density at radius 1 is 1.53 bits per heavy atom. The fourth-order valence-electron chi connectivity index (χ4n) is 1.10. The molecule has 1 N–H and O–H groups in total. The molecule has 0 atom stereocenters. The van der Waals surface area contributed by atoms with Crippen LogP contribution in [0.1, 0.15) is 19.8 Å². The van der Waals surface area contributed by atoms with Crippen LogP contribution in [-0.2, 0) is 4.79 Å². The highest BCUT2D eigenvalue weighted by molar-refractivity contribution is 7.81. The minimum Gasteiger partial charge on any atom is -0.481 e. The van der Waals surface area contributed by atoms with Crippen molar-refractivity contribution >= 4 is 18.6 Å². The number of hydrogen-bond acceptors (Lipinski definition) is 4. The second-order valence-electron chi connectivity index (χ2n) is 3.41. The number of rotatable bonds is 4. The van der Waals surface area contributed by atoms with Crippen LogP contribution in [0.25, 0.3) is 0 Å². The lowest BCUT2D eigenvalue weighted by Crippen LogP contribution is -2.23. The van der Waals surface area contributed by atoms with Crippen molar-refractivity contribution in [2.45, 2.75) is 19.8 Å². The topological polar surface area (TPSA) is 43.8 Å². The van der Waals surface area contributed by atoms with E-state index in [1.165, 1.54) is 19.4 Å². The number of nitrogens with zero attached hydrogens (tertiary/aromatic N) is 2. The highest BCUT2D eigenvalue weighted by Gasteiger charge is 2.05. The van der Waals surface area contributed by atoms with E-state index in [0.29, 0.717) is 0 Å². The van der Waals surface area contributed by atoms with Gasteiger partial charge >= 0.3 is 5.97 Å². The SMILES string of the molecule is CCCCN1C=CN(C)C1.O=C(O)CS. The zero-order valence-electron chi connectivity index (χ0n) is 9.39. The molecule has 0 aromatic carbocycles. The van der Waals surface area contributed by atoms with E-state index in [1.54, 1.807) is 0 Å². The molecular weight excluding hydrogens is 212 g/mol. The normalized spacial score (nSPS) is 13.8. The van der Waals surface area contributed by atoms with Crippen LogP contribution < -0.4 is 0 Å². The molecule has 0 aromatic heterocycles. The van der Waals surface area contributed by atoms with Crippen molar-refractivity contribution in [3.8, 4) is 0 Å². The lowest BCUT2D eigenvalue weighted by molar-refractivity contribution is -0.133. The van der Waals surface area contributed by atoms with Crippen LogP contribution in [0.5, 0.6) is 0 Å². The third-order valence-corrected chi connectivity index (χ3v) is 2.14.